The van der Waals surface area contributed by atoms with Gasteiger partial charge in [0.25, 0.3) is 0 Å². The lowest BCUT2D eigenvalue weighted by molar-refractivity contribution is 0.446. The summed E-state index contributed by atoms with van der Waals surface area (Å²) in [7, 11) is -3.50. The first kappa shape index (κ1) is 16.8. The molecule has 20 heavy (non-hydrogen) atoms. The second-order valence-electron chi connectivity index (χ2n) is 4.58. The minimum Gasteiger partial charge on any atom is -0.363 e. The van der Waals surface area contributed by atoms with Gasteiger partial charge in [0.2, 0.25) is 10.0 Å². The summed E-state index contributed by atoms with van der Waals surface area (Å²) in [6.45, 7) is 6.08. The summed E-state index contributed by atoms with van der Waals surface area (Å²) in [4.78, 5) is 3.26. The van der Waals surface area contributed by atoms with Crippen molar-refractivity contribution >= 4 is 10.0 Å². The minimum absolute atomic E-state index is 0.102. The van der Waals surface area contributed by atoms with Crippen molar-refractivity contribution in [1.82, 2.24) is 14.6 Å². The summed E-state index contributed by atoms with van der Waals surface area (Å²) in [6, 6.07) is 1.66. The Morgan fingerprint density at radius 1 is 1.40 bits per heavy atom. The number of aromatic amines is 1. The van der Waals surface area contributed by atoms with Gasteiger partial charge in [-0.25, -0.2) is 8.42 Å². The van der Waals surface area contributed by atoms with Crippen LogP contribution in [0.2, 0.25) is 0 Å². The van der Waals surface area contributed by atoms with Gasteiger partial charge in [-0.05, 0) is 25.5 Å². The Balaban J connectivity index is 2.83. The van der Waals surface area contributed by atoms with E-state index in [4.69, 9.17) is 6.42 Å². The Kier molecular flexibility index (Phi) is 6.79. The molecule has 1 heterocycles. The zero-order chi connectivity index (χ0) is 15.0. The first-order chi connectivity index (χ1) is 9.56. The predicted molar refractivity (Wildman–Crippen MR) is 80.7 cm³/mol. The van der Waals surface area contributed by atoms with E-state index >= 15 is 0 Å². The largest absolute Gasteiger partial charge is 0.363 e. The van der Waals surface area contributed by atoms with Gasteiger partial charge in [-0.3, -0.25) is 0 Å². The molecule has 0 saturated heterocycles. The van der Waals surface area contributed by atoms with E-state index in [9.17, 15) is 8.42 Å². The highest BCUT2D eigenvalue weighted by atomic mass is 32.2. The fraction of sp³-hybridized carbons (Fsp3) is 0.571. The van der Waals surface area contributed by atoms with Crippen LogP contribution in [0.25, 0.3) is 0 Å². The number of H-pyrrole nitrogens is 1. The number of nitrogens with zero attached hydrogens (tertiary/aromatic N) is 1. The van der Waals surface area contributed by atoms with E-state index in [1.807, 2.05) is 6.92 Å². The van der Waals surface area contributed by atoms with Gasteiger partial charge in [-0.15, -0.1) is 6.42 Å². The van der Waals surface area contributed by atoms with Crippen molar-refractivity contribution in [2.24, 2.45) is 0 Å². The fourth-order valence-corrected chi connectivity index (χ4v) is 3.32. The molecule has 0 aromatic carbocycles. The molecule has 1 aromatic heterocycles. The van der Waals surface area contributed by atoms with Crippen LogP contribution in [-0.2, 0) is 16.6 Å². The molecule has 2 N–H and O–H groups in total. The predicted octanol–water partition coefficient (Wildman–Crippen LogP) is 1.55. The third-order valence-electron chi connectivity index (χ3n) is 2.84. The lowest BCUT2D eigenvalue weighted by Gasteiger charge is -2.17. The van der Waals surface area contributed by atoms with Gasteiger partial charge in [0.05, 0.1) is 11.4 Å². The summed E-state index contributed by atoms with van der Waals surface area (Å²) >= 11 is 0. The normalized spacial score (nSPS) is 11.7. The quantitative estimate of drug-likeness (QED) is 0.537. The molecule has 1 aromatic rings. The lowest BCUT2D eigenvalue weighted by Crippen LogP contribution is -2.32. The van der Waals surface area contributed by atoms with Crippen LogP contribution in [0, 0.1) is 12.3 Å². The molecule has 0 aliphatic carbocycles. The number of nitrogens with one attached hydrogen (secondary N) is 2. The van der Waals surface area contributed by atoms with Crippen molar-refractivity contribution < 1.29 is 8.42 Å². The molecule has 0 spiro atoms. The summed E-state index contributed by atoms with van der Waals surface area (Å²) in [5, 5.41) is 3.22. The van der Waals surface area contributed by atoms with Gasteiger partial charge in [0.1, 0.15) is 0 Å². The number of rotatable bonds is 9. The van der Waals surface area contributed by atoms with Crippen molar-refractivity contribution in [3.05, 3.63) is 18.0 Å². The Hall–Kier alpha value is -1.29. The van der Waals surface area contributed by atoms with Crippen molar-refractivity contribution in [2.75, 3.05) is 19.6 Å². The SMILES string of the molecule is C#CCN(CCC)S(=O)(=O)c1c[nH]c(CNCCC)c1. The molecule has 0 amide bonds. The zero-order valence-electron chi connectivity index (χ0n) is 12.1. The van der Waals surface area contributed by atoms with Gasteiger partial charge in [0, 0.05) is 25.0 Å². The van der Waals surface area contributed by atoms with Crippen LogP contribution in [0.15, 0.2) is 17.2 Å². The first-order valence-electron chi connectivity index (χ1n) is 6.87. The van der Waals surface area contributed by atoms with E-state index in [1.165, 1.54) is 10.5 Å². The molecule has 112 valence electrons. The average molecular weight is 297 g/mol. The van der Waals surface area contributed by atoms with Crippen LogP contribution in [-0.4, -0.2) is 37.3 Å². The number of hydrogen-bond donors (Lipinski definition) is 2. The molecule has 0 saturated carbocycles. The molecule has 0 bridgehead atoms. The second-order valence-corrected chi connectivity index (χ2v) is 6.52. The average Bonchev–Trinajstić information content (AvgIpc) is 2.88. The second kappa shape index (κ2) is 8.10. The van der Waals surface area contributed by atoms with E-state index in [-0.39, 0.29) is 11.4 Å². The van der Waals surface area contributed by atoms with Gasteiger partial charge in [-0.1, -0.05) is 19.8 Å². The molecular weight excluding hydrogens is 274 g/mol. The molecule has 0 radical (unpaired) electrons. The first-order valence-corrected chi connectivity index (χ1v) is 8.31. The third kappa shape index (κ3) is 4.37. The van der Waals surface area contributed by atoms with Crippen molar-refractivity contribution in [1.29, 1.82) is 0 Å². The van der Waals surface area contributed by atoms with Crippen LogP contribution < -0.4 is 5.32 Å². The molecular formula is C14H23N3O2S. The Morgan fingerprint density at radius 2 is 2.15 bits per heavy atom. The number of hydrogen-bond acceptors (Lipinski definition) is 3. The lowest BCUT2D eigenvalue weighted by atomic mass is 10.4. The Bertz CT molecular complexity index is 543. The molecule has 0 aliphatic heterocycles. The van der Waals surface area contributed by atoms with Gasteiger partial charge >= 0.3 is 0 Å². The highest BCUT2D eigenvalue weighted by Gasteiger charge is 2.24. The van der Waals surface area contributed by atoms with Crippen molar-refractivity contribution in [3.8, 4) is 12.3 Å². The molecule has 0 aliphatic rings. The smallest absolute Gasteiger partial charge is 0.245 e. The number of aromatic nitrogens is 1. The van der Waals surface area contributed by atoms with Crippen LogP contribution in [0.5, 0.6) is 0 Å². The molecule has 0 atom stereocenters. The maximum absolute atomic E-state index is 12.4. The van der Waals surface area contributed by atoms with E-state index in [0.29, 0.717) is 13.1 Å². The number of terminal acetylenes is 1. The maximum Gasteiger partial charge on any atom is 0.245 e. The van der Waals surface area contributed by atoms with Crippen LogP contribution in [0.4, 0.5) is 0 Å². The van der Waals surface area contributed by atoms with Crippen LogP contribution >= 0.6 is 0 Å². The monoisotopic (exact) mass is 297 g/mol. The molecule has 0 fully saturated rings. The standard InChI is InChI=1S/C14H23N3O2S/c1-4-7-15-11-13-10-14(12-16-13)20(18,19)17(8-5-2)9-6-3/h2,10,12,15-16H,4,6-9,11H2,1,3H3. The summed E-state index contributed by atoms with van der Waals surface area (Å²) in [6.07, 6.45) is 8.54. The van der Waals surface area contributed by atoms with E-state index in [1.54, 1.807) is 6.07 Å². The van der Waals surface area contributed by atoms with Crippen LogP contribution in [0.3, 0.4) is 0 Å². The van der Waals surface area contributed by atoms with Crippen LogP contribution in [0.1, 0.15) is 32.4 Å². The van der Waals surface area contributed by atoms with E-state index in [0.717, 1.165) is 25.1 Å². The van der Waals surface area contributed by atoms with E-state index < -0.39 is 10.0 Å². The highest BCUT2D eigenvalue weighted by molar-refractivity contribution is 7.89. The summed E-state index contributed by atoms with van der Waals surface area (Å²) in [5.41, 5.74) is 0.856. The molecule has 6 heteroatoms. The zero-order valence-corrected chi connectivity index (χ0v) is 13.0. The summed E-state index contributed by atoms with van der Waals surface area (Å²) in [5.74, 6) is 2.40. The summed E-state index contributed by atoms with van der Waals surface area (Å²) < 4.78 is 26.2. The maximum atomic E-state index is 12.4. The number of sulfonamides is 1. The molecule has 1 rings (SSSR count). The Morgan fingerprint density at radius 3 is 2.75 bits per heavy atom. The van der Waals surface area contributed by atoms with Crippen molar-refractivity contribution in [3.63, 3.8) is 0 Å². The minimum atomic E-state index is -3.50. The third-order valence-corrected chi connectivity index (χ3v) is 4.66. The van der Waals surface area contributed by atoms with Gasteiger partial charge in [0.15, 0.2) is 0 Å². The Labute approximate surface area is 121 Å². The van der Waals surface area contributed by atoms with Gasteiger partial charge < -0.3 is 10.3 Å². The van der Waals surface area contributed by atoms with E-state index in [2.05, 4.69) is 23.1 Å². The van der Waals surface area contributed by atoms with Crippen molar-refractivity contribution in [2.45, 2.75) is 38.1 Å². The molecule has 5 nitrogen and oxygen atoms in total. The molecule has 0 unspecified atom stereocenters. The highest BCUT2D eigenvalue weighted by Crippen LogP contribution is 2.17. The fourth-order valence-electron chi connectivity index (χ4n) is 1.85. The van der Waals surface area contributed by atoms with Gasteiger partial charge in [-0.2, -0.15) is 4.31 Å². The topological polar surface area (TPSA) is 65.2 Å².